The van der Waals surface area contributed by atoms with Gasteiger partial charge in [-0.15, -0.1) is 13.2 Å². The van der Waals surface area contributed by atoms with E-state index in [1.54, 1.807) is 6.07 Å². The van der Waals surface area contributed by atoms with E-state index in [2.05, 4.69) is 4.74 Å². The van der Waals surface area contributed by atoms with Gasteiger partial charge in [0.2, 0.25) is 0 Å². The summed E-state index contributed by atoms with van der Waals surface area (Å²) in [5.41, 5.74) is -0.460. The Hall–Kier alpha value is -1.52. The Balaban J connectivity index is 2.33. The van der Waals surface area contributed by atoms with Crippen LogP contribution in [0.15, 0.2) is 24.3 Å². The van der Waals surface area contributed by atoms with Crippen molar-refractivity contribution in [2.75, 3.05) is 0 Å². The second-order valence-electron chi connectivity index (χ2n) is 6.28. The number of ketones is 1. The number of benzene rings is 1. The molecule has 0 bridgehead atoms. The van der Waals surface area contributed by atoms with Crippen LogP contribution >= 0.6 is 0 Å². The van der Waals surface area contributed by atoms with Crippen LogP contribution in [0.25, 0.3) is 0 Å². The van der Waals surface area contributed by atoms with Gasteiger partial charge < -0.3 is 4.74 Å². The lowest BCUT2D eigenvalue weighted by Crippen LogP contribution is -2.20. The number of ether oxygens (including phenoxy) is 1. The largest absolute Gasteiger partial charge is 0.573 e. The molecular weight excluding hydrogens is 269 g/mol. The molecule has 1 aliphatic carbocycles. The smallest absolute Gasteiger partial charge is 0.405 e. The lowest BCUT2D eigenvalue weighted by molar-refractivity contribution is -0.274. The zero-order chi connectivity index (χ0) is 15.3. The fraction of sp³-hybridized carbons (Fsp3) is 0.533. The molecule has 1 aromatic carbocycles. The molecule has 5 heteroatoms. The van der Waals surface area contributed by atoms with Gasteiger partial charge in [-0.25, -0.2) is 0 Å². The van der Waals surface area contributed by atoms with Gasteiger partial charge in [0.1, 0.15) is 5.75 Å². The van der Waals surface area contributed by atoms with Crippen molar-refractivity contribution >= 4 is 5.78 Å². The molecule has 1 aromatic rings. The lowest BCUT2D eigenvalue weighted by Gasteiger charge is -2.13. The van der Waals surface area contributed by atoms with Crippen LogP contribution in [-0.4, -0.2) is 12.1 Å². The van der Waals surface area contributed by atoms with Crippen LogP contribution in [0.1, 0.15) is 38.1 Å². The third-order valence-electron chi connectivity index (χ3n) is 4.66. The number of alkyl halides is 3. The van der Waals surface area contributed by atoms with Gasteiger partial charge in [-0.05, 0) is 23.0 Å². The monoisotopic (exact) mass is 286 g/mol. The normalized spacial score (nSPS) is 20.6. The van der Waals surface area contributed by atoms with Gasteiger partial charge in [-0.1, -0.05) is 39.8 Å². The molecule has 0 heterocycles. The van der Waals surface area contributed by atoms with Crippen molar-refractivity contribution in [3.05, 3.63) is 29.8 Å². The van der Waals surface area contributed by atoms with Gasteiger partial charge in [0.05, 0.1) is 5.56 Å². The van der Waals surface area contributed by atoms with Crippen LogP contribution < -0.4 is 4.74 Å². The van der Waals surface area contributed by atoms with E-state index < -0.39 is 12.1 Å². The Bertz CT molecular complexity index is 530. The van der Waals surface area contributed by atoms with E-state index in [4.69, 9.17) is 0 Å². The summed E-state index contributed by atoms with van der Waals surface area (Å²) in [4.78, 5) is 12.5. The highest BCUT2D eigenvalue weighted by Crippen LogP contribution is 2.69. The fourth-order valence-electron chi connectivity index (χ4n) is 2.89. The van der Waals surface area contributed by atoms with E-state index in [0.717, 1.165) is 0 Å². The van der Waals surface area contributed by atoms with Gasteiger partial charge in [0.25, 0.3) is 0 Å². The summed E-state index contributed by atoms with van der Waals surface area (Å²) >= 11 is 0. The summed E-state index contributed by atoms with van der Waals surface area (Å²) in [6.45, 7) is 7.79. The average molecular weight is 286 g/mol. The quantitative estimate of drug-likeness (QED) is 0.767. The summed E-state index contributed by atoms with van der Waals surface area (Å²) in [6.07, 6.45) is -4.80. The summed E-state index contributed by atoms with van der Waals surface area (Å²) in [7, 11) is 0. The predicted molar refractivity (Wildman–Crippen MR) is 68.5 cm³/mol. The molecule has 0 unspecified atom stereocenters. The maximum Gasteiger partial charge on any atom is 0.573 e. The van der Waals surface area contributed by atoms with E-state index in [9.17, 15) is 18.0 Å². The van der Waals surface area contributed by atoms with Crippen LogP contribution in [0.5, 0.6) is 5.75 Å². The minimum atomic E-state index is -4.80. The standard InChI is InChI=1S/C15H17F3O2/c1-13(2)12(14(13,3)4)11(19)9-7-5-6-8-10(9)20-15(16,17)18/h5-8,12H,1-4H3. The first-order chi connectivity index (χ1) is 8.98. The van der Waals surface area contributed by atoms with Crippen LogP contribution in [-0.2, 0) is 0 Å². The van der Waals surface area contributed by atoms with Crippen molar-refractivity contribution in [1.29, 1.82) is 0 Å². The van der Waals surface area contributed by atoms with Crippen molar-refractivity contribution in [3.8, 4) is 5.75 Å². The van der Waals surface area contributed by atoms with Crippen molar-refractivity contribution in [1.82, 2.24) is 0 Å². The second-order valence-corrected chi connectivity index (χ2v) is 6.28. The highest BCUT2D eigenvalue weighted by Gasteiger charge is 2.68. The topological polar surface area (TPSA) is 26.3 Å². The third kappa shape index (κ3) is 2.30. The molecule has 1 aliphatic rings. The van der Waals surface area contributed by atoms with Crippen molar-refractivity contribution < 1.29 is 22.7 Å². The molecule has 0 aliphatic heterocycles. The Morgan fingerprint density at radius 1 is 1.10 bits per heavy atom. The van der Waals surface area contributed by atoms with Crippen LogP contribution in [0, 0.1) is 16.7 Å². The maximum atomic E-state index is 12.5. The Morgan fingerprint density at radius 3 is 2.05 bits per heavy atom. The van der Waals surface area contributed by atoms with Crippen LogP contribution in [0.3, 0.4) is 0 Å². The molecule has 0 aromatic heterocycles. The van der Waals surface area contributed by atoms with Crippen LogP contribution in [0.4, 0.5) is 13.2 Å². The molecule has 0 saturated heterocycles. The highest BCUT2D eigenvalue weighted by molar-refractivity contribution is 6.03. The molecule has 1 fully saturated rings. The van der Waals surface area contributed by atoms with Gasteiger partial charge >= 0.3 is 6.36 Å². The number of rotatable bonds is 3. The Kier molecular flexibility index (Phi) is 3.15. The number of hydrogen-bond donors (Lipinski definition) is 0. The molecule has 0 amide bonds. The summed E-state index contributed by atoms with van der Waals surface area (Å²) < 4.78 is 41.1. The first-order valence-corrected chi connectivity index (χ1v) is 6.37. The Labute approximate surface area is 115 Å². The number of para-hydroxylation sites is 1. The zero-order valence-corrected chi connectivity index (χ0v) is 11.8. The number of hydrogen-bond acceptors (Lipinski definition) is 2. The van der Waals surface area contributed by atoms with Gasteiger partial charge in [0, 0.05) is 5.92 Å². The zero-order valence-electron chi connectivity index (χ0n) is 11.8. The molecule has 2 nitrogen and oxygen atoms in total. The summed E-state index contributed by atoms with van der Waals surface area (Å²) in [5.74, 6) is -1.02. The molecule has 1 saturated carbocycles. The lowest BCUT2D eigenvalue weighted by atomic mass is 10.0. The molecule has 2 rings (SSSR count). The third-order valence-corrected chi connectivity index (χ3v) is 4.66. The first-order valence-electron chi connectivity index (χ1n) is 6.37. The van der Waals surface area contributed by atoms with Crippen molar-refractivity contribution in [2.45, 2.75) is 34.1 Å². The van der Waals surface area contributed by atoms with E-state index >= 15 is 0 Å². The first kappa shape index (κ1) is 14.9. The molecule has 0 atom stereocenters. The van der Waals surface area contributed by atoms with Gasteiger partial charge in [0.15, 0.2) is 5.78 Å². The maximum absolute atomic E-state index is 12.5. The van der Waals surface area contributed by atoms with Gasteiger partial charge in [-0.2, -0.15) is 0 Å². The van der Waals surface area contributed by atoms with Crippen molar-refractivity contribution in [2.24, 2.45) is 16.7 Å². The molecule has 20 heavy (non-hydrogen) atoms. The van der Waals surface area contributed by atoms with E-state index in [-0.39, 0.29) is 28.1 Å². The number of halogens is 3. The molecule has 0 N–H and O–H groups in total. The predicted octanol–water partition coefficient (Wildman–Crippen LogP) is 4.45. The minimum absolute atomic E-state index is 0.00604. The van der Waals surface area contributed by atoms with E-state index in [1.165, 1.54) is 18.2 Å². The average Bonchev–Trinajstić information content (AvgIpc) is 2.67. The highest BCUT2D eigenvalue weighted by atomic mass is 19.4. The molecular formula is C15H17F3O2. The van der Waals surface area contributed by atoms with Crippen molar-refractivity contribution in [3.63, 3.8) is 0 Å². The summed E-state index contributed by atoms with van der Waals surface area (Å²) in [5, 5.41) is 0. The number of Topliss-reactive ketones (excluding diaryl/α,β-unsaturated/α-hetero) is 1. The molecule has 110 valence electrons. The molecule has 0 spiro atoms. The van der Waals surface area contributed by atoms with Crippen LogP contribution in [0.2, 0.25) is 0 Å². The number of carbonyl (C=O) groups excluding carboxylic acids is 1. The second kappa shape index (κ2) is 4.24. The number of carbonyl (C=O) groups is 1. The minimum Gasteiger partial charge on any atom is -0.405 e. The SMILES string of the molecule is CC1(C)C(C(=O)c2ccccc2OC(F)(F)F)C1(C)C. The molecule has 0 radical (unpaired) electrons. The summed E-state index contributed by atoms with van der Waals surface area (Å²) in [6, 6.07) is 5.51. The van der Waals surface area contributed by atoms with E-state index in [1.807, 2.05) is 27.7 Å². The fourth-order valence-corrected chi connectivity index (χ4v) is 2.89. The van der Waals surface area contributed by atoms with Gasteiger partial charge in [-0.3, -0.25) is 4.79 Å². The Morgan fingerprint density at radius 2 is 1.60 bits per heavy atom. The van der Waals surface area contributed by atoms with E-state index in [0.29, 0.717) is 0 Å².